The number of benzene rings is 3. The summed E-state index contributed by atoms with van der Waals surface area (Å²) in [5, 5.41) is 28.5. The topological polar surface area (TPSA) is 123 Å². The molecule has 4 aromatic rings. The molecule has 0 saturated carbocycles. The molecule has 0 aliphatic heterocycles. The Balaban J connectivity index is 1.93. The lowest BCUT2D eigenvalue weighted by atomic mass is 9.95. The zero-order valence-electron chi connectivity index (χ0n) is 16.0. The van der Waals surface area contributed by atoms with Crippen LogP contribution in [0.4, 0.5) is 8.78 Å². The highest BCUT2D eigenvalue weighted by Gasteiger charge is 2.19. The predicted octanol–water partition coefficient (Wildman–Crippen LogP) is 4.40. The van der Waals surface area contributed by atoms with Crippen molar-refractivity contribution in [2.24, 2.45) is 5.73 Å². The Labute approximate surface area is 175 Å². The molecular formula is C23H17F2N3O3. The first-order valence-electron chi connectivity index (χ1n) is 9.23. The van der Waals surface area contributed by atoms with Gasteiger partial charge in [0.25, 0.3) is 0 Å². The van der Waals surface area contributed by atoms with E-state index in [1.165, 1.54) is 18.2 Å². The number of carboxylic acids is 1. The average Bonchev–Trinajstić information content (AvgIpc) is 3.12. The highest BCUT2D eigenvalue weighted by atomic mass is 19.1. The summed E-state index contributed by atoms with van der Waals surface area (Å²) in [5.41, 5.74) is 7.82. The highest BCUT2D eigenvalue weighted by Crippen LogP contribution is 2.41. The van der Waals surface area contributed by atoms with Gasteiger partial charge in [-0.15, -0.1) is 0 Å². The SMILES string of the molecule is N=C(N)c1ccc2[nH]c(-c3cc(CC(=O)O)cc(-c4ccc(F)cc4F)c3O)cc2c1. The molecule has 4 rings (SSSR count). The van der Waals surface area contributed by atoms with E-state index in [2.05, 4.69) is 4.98 Å². The Kier molecular flexibility index (Phi) is 4.90. The van der Waals surface area contributed by atoms with Crippen molar-refractivity contribution in [3.05, 3.63) is 77.4 Å². The summed E-state index contributed by atoms with van der Waals surface area (Å²) in [7, 11) is 0. The zero-order chi connectivity index (χ0) is 22.3. The number of hydrogen-bond acceptors (Lipinski definition) is 3. The standard InChI is InChI=1S/C23H17F2N3O3/c24-14-2-3-15(18(25)10-14)16-5-11(7-21(29)30)6-17(22(16)31)20-9-13-8-12(23(26)27)1-4-19(13)28-20/h1-6,8-10,28,31H,7H2,(H3,26,27)(H,29,30). The monoisotopic (exact) mass is 421 g/mol. The normalized spacial score (nSPS) is 11.0. The van der Waals surface area contributed by atoms with Crippen molar-refractivity contribution in [1.82, 2.24) is 4.98 Å². The van der Waals surface area contributed by atoms with Crippen molar-refractivity contribution in [3.63, 3.8) is 0 Å². The van der Waals surface area contributed by atoms with Crippen LogP contribution in [0, 0.1) is 17.0 Å². The maximum atomic E-state index is 14.4. The number of nitrogens with one attached hydrogen (secondary N) is 2. The molecule has 8 heteroatoms. The van der Waals surface area contributed by atoms with Gasteiger partial charge in [-0.3, -0.25) is 10.2 Å². The summed E-state index contributed by atoms with van der Waals surface area (Å²) in [6.07, 6.45) is -0.349. The number of carboxylic acid groups (broad SMARTS) is 1. The van der Waals surface area contributed by atoms with Crippen LogP contribution >= 0.6 is 0 Å². The van der Waals surface area contributed by atoms with Gasteiger partial charge in [0.05, 0.1) is 12.1 Å². The van der Waals surface area contributed by atoms with Crippen LogP contribution in [0.3, 0.4) is 0 Å². The lowest BCUT2D eigenvalue weighted by molar-refractivity contribution is -0.136. The van der Waals surface area contributed by atoms with E-state index in [0.29, 0.717) is 28.4 Å². The second-order valence-corrected chi connectivity index (χ2v) is 7.13. The van der Waals surface area contributed by atoms with E-state index in [9.17, 15) is 23.8 Å². The third kappa shape index (κ3) is 3.83. The van der Waals surface area contributed by atoms with Gasteiger partial charge in [0.1, 0.15) is 23.2 Å². The van der Waals surface area contributed by atoms with E-state index in [1.807, 2.05) is 0 Å². The van der Waals surface area contributed by atoms with Crippen molar-refractivity contribution in [2.75, 3.05) is 0 Å². The van der Waals surface area contributed by atoms with Gasteiger partial charge < -0.3 is 20.9 Å². The van der Waals surface area contributed by atoms with E-state index in [4.69, 9.17) is 11.1 Å². The average molecular weight is 421 g/mol. The molecule has 1 heterocycles. The van der Waals surface area contributed by atoms with Crippen LogP contribution in [0.2, 0.25) is 0 Å². The summed E-state index contributed by atoms with van der Waals surface area (Å²) < 4.78 is 27.8. The van der Waals surface area contributed by atoms with Gasteiger partial charge in [0, 0.05) is 39.2 Å². The van der Waals surface area contributed by atoms with Crippen LogP contribution in [0.15, 0.2) is 54.6 Å². The van der Waals surface area contributed by atoms with Crippen LogP contribution in [-0.2, 0) is 11.2 Å². The molecule has 0 aliphatic rings. The van der Waals surface area contributed by atoms with E-state index < -0.39 is 17.6 Å². The number of nitrogens with two attached hydrogens (primary N) is 1. The molecule has 6 N–H and O–H groups in total. The molecule has 0 aliphatic carbocycles. The van der Waals surface area contributed by atoms with Crippen LogP contribution in [0.25, 0.3) is 33.3 Å². The number of aromatic nitrogens is 1. The summed E-state index contributed by atoms with van der Waals surface area (Å²) in [6.45, 7) is 0. The molecule has 3 aromatic carbocycles. The van der Waals surface area contributed by atoms with Crippen molar-refractivity contribution in [1.29, 1.82) is 5.41 Å². The number of phenolic OH excluding ortho intramolecular Hbond substituents is 1. The molecular weight excluding hydrogens is 404 g/mol. The van der Waals surface area contributed by atoms with E-state index in [-0.39, 0.29) is 34.7 Å². The van der Waals surface area contributed by atoms with E-state index >= 15 is 0 Å². The number of nitrogen functional groups attached to an aromatic ring is 1. The minimum atomic E-state index is -1.09. The largest absolute Gasteiger partial charge is 0.507 e. The smallest absolute Gasteiger partial charge is 0.307 e. The van der Waals surface area contributed by atoms with Crippen molar-refractivity contribution in [3.8, 4) is 28.1 Å². The number of aromatic amines is 1. The van der Waals surface area contributed by atoms with Crippen molar-refractivity contribution in [2.45, 2.75) is 6.42 Å². The van der Waals surface area contributed by atoms with Gasteiger partial charge in [-0.25, -0.2) is 8.78 Å². The summed E-state index contributed by atoms with van der Waals surface area (Å²) in [4.78, 5) is 14.4. The maximum absolute atomic E-state index is 14.4. The zero-order valence-corrected chi connectivity index (χ0v) is 16.0. The molecule has 0 radical (unpaired) electrons. The van der Waals surface area contributed by atoms with E-state index in [1.54, 1.807) is 24.3 Å². The number of phenols is 1. The lowest BCUT2D eigenvalue weighted by Crippen LogP contribution is -2.10. The Morgan fingerprint density at radius 3 is 2.42 bits per heavy atom. The van der Waals surface area contributed by atoms with Crippen molar-refractivity contribution < 1.29 is 23.8 Å². The third-order valence-corrected chi connectivity index (χ3v) is 4.97. The molecule has 156 valence electrons. The highest BCUT2D eigenvalue weighted by molar-refractivity contribution is 6.00. The Hall–Kier alpha value is -4.20. The first-order chi connectivity index (χ1) is 14.7. The van der Waals surface area contributed by atoms with Crippen molar-refractivity contribution >= 4 is 22.7 Å². The number of carbonyl (C=O) groups is 1. The summed E-state index contributed by atoms with van der Waals surface area (Å²) in [6, 6.07) is 12.7. The van der Waals surface area contributed by atoms with Crippen LogP contribution < -0.4 is 5.73 Å². The maximum Gasteiger partial charge on any atom is 0.307 e. The molecule has 0 saturated heterocycles. The minimum Gasteiger partial charge on any atom is -0.507 e. The Morgan fingerprint density at radius 2 is 1.74 bits per heavy atom. The Bertz CT molecular complexity index is 1360. The van der Waals surface area contributed by atoms with Crippen LogP contribution in [0.5, 0.6) is 5.75 Å². The first-order valence-corrected chi connectivity index (χ1v) is 9.23. The van der Waals surface area contributed by atoms with Crippen LogP contribution in [-0.4, -0.2) is 27.0 Å². The van der Waals surface area contributed by atoms with Gasteiger partial charge in [-0.05, 0) is 54.1 Å². The molecule has 1 aromatic heterocycles. The number of aromatic hydroxyl groups is 1. The fourth-order valence-corrected chi connectivity index (χ4v) is 3.53. The summed E-state index contributed by atoms with van der Waals surface area (Å²) >= 11 is 0. The predicted molar refractivity (Wildman–Crippen MR) is 113 cm³/mol. The number of hydrogen-bond donors (Lipinski definition) is 5. The quantitative estimate of drug-likeness (QED) is 0.242. The molecule has 31 heavy (non-hydrogen) atoms. The fourth-order valence-electron chi connectivity index (χ4n) is 3.53. The van der Waals surface area contributed by atoms with Gasteiger partial charge in [0.2, 0.25) is 0 Å². The van der Waals surface area contributed by atoms with Gasteiger partial charge >= 0.3 is 5.97 Å². The second-order valence-electron chi connectivity index (χ2n) is 7.13. The minimum absolute atomic E-state index is 0.0503. The number of rotatable bonds is 5. The lowest BCUT2D eigenvalue weighted by Gasteiger charge is -2.13. The molecule has 0 spiro atoms. The Morgan fingerprint density at radius 1 is 1.00 bits per heavy atom. The number of aliphatic carboxylic acids is 1. The number of halogens is 2. The van der Waals surface area contributed by atoms with Gasteiger partial charge in [0.15, 0.2) is 0 Å². The number of amidine groups is 1. The molecule has 0 amide bonds. The molecule has 0 fully saturated rings. The molecule has 0 atom stereocenters. The second kappa shape index (κ2) is 7.56. The fraction of sp³-hybridized carbons (Fsp3) is 0.0435. The molecule has 0 unspecified atom stereocenters. The number of fused-ring (bicyclic) bond motifs is 1. The number of H-pyrrole nitrogens is 1. The van der Waals surface area contributed by atoms with Gasteiger partial charge in [-0.1, -0.05) is 0 Å². The van der Waals surface area contributed by atoms with E-state index in [0.717, 1.165) is 11.5 Å². The molecule has 6 nitrogen and oxygen atoms in total. The van der Waals surface area contributed by atoms with Gasteiger partial charge in [-0.2, -0.15) is 0 Å². The summed E-state index contributed by atoms with van der Waals surface area (Å²) in [5.74, 6) is -3.11. The first kappa shape index (κ1) is 20.1. The molecule has 0 bridgehead atoms. The third-order valence-electron chi connectivity index (χ3n) is 4.97. The van der Waals surface area contributed by atoms with Crippen LogP contribution in [0.1, 0.15) is 11.1 Å².